The number of hydrogen-bond donors (Lipinski definition) is 1. The third-order valence-corrected chi connectivity index (χ3v) is 3.71. The average Bonchev–Trinajstić information content (AvgIpc) is 2.18. The van der Waals surface area contributed by atoms with Crippen LogP contribution in [0.3, 0.4) is 0 Å². The van der Waals surface area contributed by atoms with Gasteiger partial charge in [-0.05, 0) is 12.8 Å². The first-order valence-corrected chi connectivity index (χ1v) is 7.21. The molecular weight excluding hydrogens is 240 g/mol. The quantitative estimate of drug-likeness (QED) is 0.544. The van der Waals surface area contributed by atoms with E-state index in [-0.39, 0.29) is 5.75 Å². The Labute approximate surface area is 95.7 Å². The highest BCUT2D eigenvalue weighted by molar-refractivity contribution is 7.89. The van der Waals surface area contributed by atoms with Gasteiger partial charge in [0.1, 0.15) is 0 Å². The van der Waals surface area contributed by atoms with Crippen molar-refractivity contribution < 1.29 is 13.2 Å². The normalized spacial score (nSPS) is 19.3. The summed E-state index contributed by atoms with van der Waals surface area (Å²) < 4.78 is 28.2. The van der Waals surface area contributed by atoms with E-state index in [0.717, 1.165) is 6.42 Å². The molecule has 1 N–H and O–H groups in total. The number of hydrazine groups is 1. The van der Waals surface area contributed by atoms with Crippen molar-refractivity contribution in [3.8, 4) is 0 Å². The zero-order valence-corrected chi connectivity index (χ0v) is 10.2. The fourth-order valence-corrected chi connectivity index (χ4v) is 2.72. The van der Waals surface area contributed by atoms with Gasteiger partial charge in [-0.25, -0.2) is 13.4 Å². The zero-order chi connectivity index (χ0) is 11.1. The van der Waals surface area contributed by atoms with E-state index < -0.39 is 10.0 Å². The van der Waals surface area contributed by atoms with Gasteiger partial charge in [0, 0.05) is 19.0 Å². The second-order valence-corrected chi connectivity index (χ2v) is 5.60. The highest BCUT2D eigenvalue weighted by atomic mass is 35.5. The van der Waals surface area contributed by atoms with Gasteiger partial charge in [0.15, 0.2) is 0 Å². The lowest BCUT2D eigenvalue weighted by Gasteiger charge is -2.26. The van der Waals surface area contributed by atoms with Crippen LogP contribution in [0.1, 0.15) is 12.8 Å². The van der Waals surface area contributed by atoms with Crippen LogP contribution in [-0.4, -0.2) is 51.4 Å². The topological polar surface area (TPSA) is 58.6 Å². The summed E-state index contributed by atoms with van der Waals surface area (Å²) in [5.41, 5.74) is 0. The summed E-state index contributed by atoms with van der Waals surface area (Å²) in [5.74, 6) is 0.643. The third-order valence-electron chi connectivity index (χ3n) is 2.08. The standard InChI is InChI=1S/C8H17ClN2O3S/c9-3-1-2-8-15(12,13)10-11-4-6-14-7-5-11/h10H,1-8H2. The van der Waals surface area contributed by atoms with Gasteiger partial charge in [-0.1, -0.05) is 0 Å². The van der Waals surface area contributed by atoms with Gasteiger partial charge in [-0.3, -0.25) is 0 Å². The molecule has 1 saturated heterocycles. The van der Waals surface area contributed by atoms with Crippen molar-refractivity contribution in [3.63, 3.8) is 0 Å². The Morgan fingerprint density at radius 3 is 2.53 bits per heavy atom. The van der Waals surface area contributed by atoms with E-state index >= 15 is 0 Å². The van der Waals surface area contributed by atoms with Gasteiger partial charge < -0.3 is 4.74 Å². The number of halogens is 1. The second-order valence-electron chi connectivity index (χ2n) is 3.41. The average molecular weight is 257 g/mol. The monoisotopic (exact) mass is 256 g/mol. The number of nitrogens with one attached hydrogen (secondary N) is 1. The first-order chi connectivity index (χ1) is 7.14. The number of hydrogen-bond acceptors (Lipinski definition) is 4. The molecule has 0 aromatic rings. The maximum atomic E-state index is 11.5. The molecule has 0 radical (unpaired) electrons. The molecule has 7 heteroatoms. The number of nitrogens with zero attached hydrogens (tertiary/aromatic N) is 1. The van der Waals surface area contributed by atoms with Crippen LogP contribution in [0, 0.1) is 0 Å². The van der Waals surface area contributed by atoms with Gasteiger partial charge >= 0.3 is 0 Å². The number of morpholine rings is 1. The summed E-state index contributed by atoms with van der Waals surface area (Å²) in [6.45, 7) is 2.36. The Kier molecular flexibility index (Phi) is 5.84. The molecule has 15 heavy (non-hydrogen) atoms. The molecule has 0 saturated carbocycles. The molecule has 90 valence electrons. The molecule has 0 unspecified atom stereocenters. The fraction of sp³-hybridized carbons (Fsp3) is 1.00. The van der Waals surface area contributed by atoms with Crippen LogP contribution in [0.25, 0.3) is 0 Å². The lowest BCUT2D eigenvalue weighted by molar-refractivity contribution is 0.0272. The molecule has 0 aromatic heterocycles. The molecule has 1 aliphatic heterocycles. The molecule has 1 fully saturated rings. The fourth-order valence-electron chi connectivity index (χ4n) is 1.28. The largest absolute Gasteiger partial charge is 0.379 e. The van der Waals surface area contributed by atoms with E-state index in [1.54, 1.807) is 5.01 Å². The first-order valence-electron chi connectivity index (χ1n) is 5.03. The lowest BCUT2D eigenvalue weighted by Crippen LogP contribution is -2.48. The minimum absolute atomic E-state index is 0.136. The van der Waals surface area contributed by atoms with E-state index in [0.29, 0.717) is 38.6 Å². The maximum Gasteiger partial charge on any atom is 0.224 e. The van der Waals surface area contributed by atoms with Crippen molar-refractivity contribution in [2.45, 2.75) is 12.8 Å². The minimum Gasteiger partial charge on any atom is -0.379 e. The molecule has 0 atom stereocenters. The molecule has 5 nitrogen and oxygen atoms in total. The summed E-state index contributed by atoms with van der Waals surface area (Å²) in [6, 6.07) is 0. The van der Waals surface area contributed by atoms with E-state index in [2.05, 4.69) is 4.83 Å². The number of ether oxygens (including phenoxy) is 1. The SMILES string of the molecule is O=S(=O)(CCCCCl)NN1CCOCC1. The van der Waals surface area contributed by atoms with Crippen molar-refractivity contribution >= 4 is 21.6 Å². The smallest absolute Gasteiger partial charge is 0.224 e. The van der Waals surface area contributed by atoms with Crippen molar-refractivity contribution in [1.29, 1.82) is 0 Å². The maximum absolute atomic E-state index is 11.5. The highest BCUT2D eigenvalue weighted by Gasteiger charge is 2.17. The molecule has 0 amide bonds. The van der Waals surface area contributed by atoms with Gasteiger partial charge in [0.2, 0.25) is 10.0 Å². The molecule has 1 aliphatic rings. The van der Waals surface area contributed by atoms with Gasteiger partial charge in [-0.15, -0.1) is 16.4 Å². The summed E-state index contributed by atoms with van der Waals surface area (Å²) in [7, 11) is -3.19. The molecule has 0 aromatic carbocycles. The second kappa shape index (κ2) is 6.65. The van der Waals surface area contributed by atoms with Crippen LogP contribution in [0.15, 0.2) is 0 Å². The number of unbranched alkanes of at least 4 members (excludes halogenated alkanes) is 1. The zero-order valence-electron chi connectivity index (χ0n) is 8.62. The molecule has 1 rings (SSSR count). The Bertz CT molecular complexity index is 265. The predicted octanol–water partition coefficient (Wildman–Crippen LogP) is 0.172. The minimum atomic E-state index is -3.19. The Balaban J connectivity index is 2.27. The molecule has 0 bridgehead atoms. The number of alkyl halides is 1. The summed E-state index contributed by atoms with van der Waals surface area (Å²) >= 11 is 5.48. The van der Waals surface area contributed by atoms with Crippen LogP contribution >= 0.6 is 11.6 Å². The Morgan fingerprint density at radius 1 is 1.27 bits per heavy atom. The Morgan fingerprint density at radius 2 is 1.93 bits per heavy atom. The van der Waals surface area contributed by atoms with Crippen LogP contribution in [0.4, 0.5) is 0 Å². The molecule has 0 aliphatic carbocycles. The van der Waals surface area contributed by atoms with Crippen LogP contribution in [0.2, 0.25) is 0 Å². The molecular formula is C8H17ClN2O3S. The van der Waals surface area contributed by atoms with Gasteiger partial charge in [-0.2, -0.15) is 0 Å². The summed E-state index contributed by atoms with van der Waals surface area (Å²) in [6.07, 6.45) is 1.33. The lowest BCUT2D eigenvalue weighted by atomic mass is 10.4. The van der Waals surface area contributed by atoms with E-state index in [9.17, 15) is 8.42 Å². The van der Waals surface area contributed by atoms with Gasteiger partial charge in [0.05, 0.1) is 19.0 Å². The highest BCUT2D eigenvalue weighted by Crippen LogP contribution is 1.99. The van der Waals surface area contributed by atoms with Crippen LogP contribution < -0.4 is 4.83 Å². The van der Waals surface area contributed by atoms with Crippen molar-refractivity contribution in [2.24, 2.45) is 0 Å². The van der Waals surface area contributed by atoms with Gasteiger partial charge in [0.25, 0.3) is 0 Å². The number of sulfonamides is 1. The van der Waals surface area contributed by atoms with Crippen molar-refractivity contribution in [3.05, 3.63) is 0 Å². The molecule has 1 heterocycles. The van der Waals surface area contributed by atoms with E-state index in [1.165, 1.54) is 0 Å². The Hall–Kier alpha value is 0.120. The van der Waals surface area contributed by atoms with Crippen molar-refractivity contribution in [1.82, 2.24) is 9.84 Å². The van der Waals surface area contributed by atoms with Crippen LogP contribution in [-0.2, 0) is 14.8 Å². The molecule has 0 spiro atoms. The summed E-state index contributed by atoms with van der Waals surface area (Å²) in [5, 5.41) is 1.68. The van der Waals surface area contributed by atoms with Crippen LogP contribution in [0.5, 0.6) is 0 Å². The van der Waals surface area contributed by atoms with E-state index in [1.807, 2.05) is 0 Å². The predicted molar refractivity (Wildman–Crippen MR) is 59.3 cm³/mol. The first kappa shape index (κ1) is 13.2. The van der Waals surface area contributed by atoms with E-state index in [4.69, 9.17) is 16.3 Å². The van der Waals surface area contributed by atoms with Crippen molar-refractivity contribution in [2.75, 3.05) is 37.9 Å². The summed E-state index contributed by atoms with van der Waals surface area (Å²) in [4.78, 5) is 2.54. The number of rotatable bonds is 6. The third kappa shape index (κ3) is 5.67.